The zero-order valence-electron chi connectivity index (χ0n) is 10.7. The highest BCUT2D eigenvalue weighted by molar-refractivity contribution is 6.32. The Labute approximate surface area is 116 Å². The van der Waals surface area contributed by atoms with E-state index in [1.54, 1.807) is 7.05 Å². The third kappa shape index (κ3) is 2.87. The van der Waals surface area contributed by atoms with Crippen molar-refractivity contribution in [1.29, 1.82) is 0 Å². The summed E-state index contributed by atoms with van der Waals surface area (Å²) in [6.07, 6.45) is 4.28. The number of halogens is 1. The van der Waals surface area contributed by atoms with Gasteiger partial charge in [-0.3, -0.25) is 10.2 Å². The zero-order chi connectivity index (χ0) is 13.8. The van der Waals surface area contributed by atoms with Crippen LogP contribution in [0.5, 0.6) is 0 Å². The van der Waals surface area contributed by atoms with Crippen LogP contribution in [0.2, 0.25) is 5.02 Å². The van der Waals surface area contributed by atoms with Crippen molar-refractivity contribution in [2.75, 3.05) is 23.9 Å². The van der Waals surface area contributed by atoms with Crippen LogP contribution in [0.25, 0.3) is 0 Å². The fourth-order valence-electron chi connectivity index (χ4n) is 2.25. The number of hydrogen-bond acceptors (Lipinski definition) is 6. The first-order valence-electron chi connectivity index (χ1n) is 6.14. The second-order valence-corrected chi connectivity index (χ2v) is 4.74. The van der Waals surface area contributed by atoms with E-state index >= 15 is 0 Å². The molecule has 104 valence electrons. The summed E-state index contributed by atoms with van der Waals surface area (Å²) in [5.41, 5.74) is 2.38. The number of amides is 1. The number of nitrogen functional groups attached to an aromatic ring is 1. The molecule has 7 nitrogen and oxygen atoms in total. The van der Waals surface area contributed by atoms with Gasteiger partial charge in [0.25, 0.3) is 0 Å². The van der Waals surface area contributed by atoms with E-state index in [9.17, 15) is 4.79 Å². The van der Waals surface area contributed by atoms with Gasteiger partial charge in [0.15, 0.2) is 5.82 Å². The number of carbonyl (C=O) groups excluding carboxylic acids is 1. The molecule has 1 unspecified atom stereocenters. The van der Waals surface area contributed by atoms with E-state index in [1.807, 2.05) is 4.90 Å². The van der Waals surface area contributed by atoms with Crippen molar-refractivity contribution < 1.29 is 4.79 Å². The summed E-state index contributed by atoms with van der Waals surface area (Å²) in [4.78, 5) is 22.0. The number of anilines is 2. The van der Waals surface area contributed by atoms with Gasteiger partial charge in [-0.05, 0) is 19.3 Å². The van der Waals surface area contributed by atoms with Crippen LogP contribution in [0, 0.1) is 0 Å². The van der Waals surface area contributed by atoms with E-state index in [2.05, 4.69) is 20.7 Å². The Morgan fingerprint density at radius 1 is 1.58 bits per heavy atom. The first-order chi connectivity index (χ1) is 9.17. The average Bonchev–Trinajstić information content (AvgIpc) is 2.47. The number of likely N-dealkylation sites (N-methyl/N-ethyl adjacent to an activating group) is 1. The molecule has 1 aliphatic heterocycles. The van der Waals surface area contributed by atoms with Crippen molar-refractivity contribution in [3.63, 3.8) is 0 Å². The molecule has 2 rings (SSSR count). The first kappa shape index (κ1) is 13.8. The largest absolute Gasteiger partial charge is 0.357 e. The Morgan fingerprint density at radius 3 is 3.05 bits per heavy atom. The number of carbonyl (C=O) groups is 1. The fourth-order valence-corrected chi connectivity index (χ4v) is 2.45. The lowest BCUT2D eigenvalue weighted by atomic mass is 10.0. The van der Waals surface area contributed by atoms with E-state index in [4.69, 9.17) is 17.4 Å². The van der Waals surface area contributed by atoms with Crippen molar-refractivity contribution in [3.05, 3.63) is 11.2 Å². The SMILES string of the molecule is CNC(=O)C1CCCCN1c1nc(NN)ncc1Cl. The minimum atomic E-state index is -0.253. The molecule has 1 amide bonds. The smallest absolute Gasteiger partial charge is 0.242 e. The molecule has 0 saturated carbocycles. The maximum Gasteiger partial charge on any atom is 0.242 e. The van der Waals surface area contributed by atoms with Crippen molar-refractivity contribution in [1.82, 2.24) is 15.3 Å². The van der Waals surface area contributed by atoms with Gasteiger partial charge in [-0.15, -0.1) is 0 Å². The third-order valence-electron chi connectivity index (χ3n) is 3.18. The maximum atomic E-state index is 11.9. The van der Waals surface area contributed by atoms with Crippen molar-refractivity contribution in [3.8, 4) is 0 Å². The maximum absolute atomic E-state index is 11.9. The van der Waals surface area contributed by atoms with Gasteiger partial charge in [0.1, 0.15) is 11.1 Å². The number of hydrazine groups is 1. The van der Waals surface area contributed by atoms with Crippen LogP contribution in [0.15, 0.2) is 6.20 Å². The number of aromatic nitrogens is 2. The minimum absolute atomic E-state index is 0.0309. The average molecular weight is 285 g/mol. The van der Waals surface area contributed by atoms with Gasteiger partial charge < -0.3 is 10.2 Å². The van der Waals surface area contributed by atoms with Crippen molar-refractivity contribution in [2.24, 2.45) is 5.84 Å². The Morgan fingerprint density at radius 2 is 2.37 bits per heavy atom. The molecule has 1 saturated heterocycles. The monoisotopic (exact) mass is 284 g/mol. The number of piperidine rings is 1. The first-order valence-corrected chi connectivity index (χ1v) is 6.52. The van der Waals surface area contributed by atoms with Gasteiger partial charge in [0, 0.05) is 13.6 Å². The summed E-state index contributed by atoms with van der Waals surface area (Å²) >= 11 is 6.13. The van der Waals surface area contributed by atoms with Crippen LogP contribution in [0.1, 0.15) is 19.3 Å². The Balaban J connectivity index is 2.34. The van der Waals surface area contributed by atoms with Gasteiger partial charge in [-0.1, -0.05) is 11.6 Å². The summed E-state index contributed by atoms with van der Waals surface area (Å²) in [6.45, 7) is 0.735. The second kappa shape index (κ2) is 6.03. The molecule has 1 atom stereocenters. The fraction of sp³-hybridized carbons (Fsp3) is 0.545. The van der Waals surface area contributed by atoms with Crippen molar-refractivity contribution >= 4 is 29.3 Å². The van der Waals surface area contributed by atoms with Gasteiger partial charge in [-0.2, -0.15) is 4.98 Å². The molecule has 1 fully saturated rings. The molecule has 1 aromatic heterocycles. The number of nitrogens with one attached hydrogen (secondary N) is 2. The molecule has 1 aliphatic rings. The molecular formula is C11H17ClN6O. The lowest BCUT2D eigenvalue weighted by molar-refractivity contribution is -0.122. The molecule has 8 heteroatoms. The van der Waals surface area contributed by atoms with Gasteiger partial charge in [0.2, 0.25) is 11.9 Å². The third-order valence-corrected chi connectivity index (χ3v) is 3.45. The molecule has 0 radical (unpaired) electrons. The van der Waals surface area contributed by atoms with E-state index in [1.165, 1.54) is 6.20 Å². The molecule has 4 N–H and O–H groups in total. The summed E-state index contributed by atoms with van der Waals surface area (Å²) < 4.78 is 0. The number of hydrogen-bond donors (Lipinski definition) is 3. The van der Waals surface area contributed by atoms with Gasteiger partial charge in [0.05, 0.1) is 6.20 Å². The predicted octanol–water partition coefficient (Wildman–Crippen LogP) is 0.520. The standard InChI is InChI=1S/C11H17ClN6O/c1-14-10(19)8-4-2-3-5-18(8)9-7(12)6-15-11(16-9)17-13/h6,8H,2-5,13H2,1H3,(H,14,19)(H,15,16,17). The van der Waals surface area contributed by atoms with E-state index in [0.717, 1.165) is 25.8 Å². The molecule has 0 aromatic carbocycles. The van der Waals surface area contributed by atoms with E-state index < -0.39 is 0 Å². The van der Waals surface area contributed by atoms with Crippen LogP contribution >= 0.6 is 11.6 Å². The van der Waals surface area contributed by atoms with Gasteiger partial charge >= 0.3 is 0 Å². The zero-order valence-corrected chi connectivity index (χ0v) is 11.4. The Kier molecular flexibility index (Phi) is 4.39. The molecule has 0 spiro atoms. The van der Waals surface area contributed by atoms with Crippen molar-refractivity contribution in [2.45, 2.75) is 25.3 Å². The normalized spacial score (nSPS) is 19.1. The van der Waals surface area contributed by atoms with Crippen LogP contribution in [0.4, 0.5) is 11.8 Å². The summed E-state index contributed by atoms with van der Waals surface area (Å²) in [7, 11) is 1.63. The van der Waals surface area contributed by atoms with Crippen LogP contribution in [-0.2, 0) is 4.79 Å². The summed E-state index contributed by atoms with van der Waals surface area (Å²) in [5, 5.41) is 3.09. The summed E-state index contributed by atoms with van der Waals surface area (Å²) in [5.74, 6) is 6.09. The molecule has 19 heavy (non-hydrogen) atoms. The molecule has 0 aliphatic carbocycles. The lowest BCUT2D eigenvalue weighted by Gasteiger charge is -2.35. The Bertz CT molecular complexity index is 468. The highest BCUT2D eigenvalue weighted by Crippen LogP contribution is 2.29. The second-order valence-electron chi connectivity index (χ2n) is 4.33. The molecule has 1 aromatic rings. The van der Waals surface area contributed by atoms with Gasteiger partial charge in [-0.25, -0.2) is 10.8 Å². The minimum Gasteiger partial charge on any atom is -0.357 e. The molecule has 2 heterocycles. The highest BCUT2D eigenvalue weighted by Gasteiger charge is 2.30. The van der Waals surface area contributed by atoms with E-state index in [0.29, 0.717) is 10.8 Å². The van der Waals surface area contributed by atoms with Crippen LogP contribution < -0.4 is 21.5 Å². The quantitative estimate of drug-likeness (QED) is 0.553. The molecular weight excluding hydrogens is 268 g/mol. The van der Waals surface area contributed by atoms with Crippen LogP contribution in [-0.4, -0.2) is 35.5 Å². The van der Waals surface area contributed by atoms with Crippen LogP contribution in [0.3, 0.4) is 0 Å². The lowest BCUT2D eigenvalue weighted by Crippen LogP contribution is -2.49. The number of nitrogens with two attached hydrogens (primary N) is 1. The molecule has 0 bridgehead atoms. The number of rotatable bonds is 3. The van der Waals surface area contributed by atoms with E-state index in [-0.39, 0.29) is 17.9 Å². The predicted molar refractivity (Wildman–Crippen MR) is 73.9 cm³/mol. The summed E-state index contributed by atoms with van der Waals surface area (Å²) in [6, 6.07) is -0.253. The highest BCUT2D eigenvalue weighted by atomic mass is 35.5. The topological polar surface area (TPSA) is 96.2 Å². The Hall–Kier alpha value is -1.60. The number of nitrogens with zero attached hydrogens (tertiary/aromatic N) is 3.